The van der Waals surface area contributed by atoms with Crippen molar-refractivity contribution in [1.29, 1.82) is 0 Å². The number of para-hydroxylation sites is 1. The first-order chi connectivity index (χ1) is 16.6. The largest absolute Gasteiger partial charge is 0.426 e. The minimum atomic E-state index is -0.175. The Balaban J connectivity index is 1.49. The zero-order chi connectivity index (χ0) is 24.2. The van der Waals surface area contributed by atoms with Gasteiger partial charge in [-0.05, 0) is 54.8 Å². The average molecular weight is 475 g/mol. The van der Waals surface area contributed by atoms with Gasteiger partial charge in [0.1, 0.15) is 10.8 Å². The molecule has 5 heteroatoms. The number of ether oxygens (including phenoxy) is 1. The van der Waals surface area contributed by atoms with E-state index in [0.29, 0.717) is 22.9 Å². The van der Waals surface area contributed by atoms with Gasteiger partial charge < -0.3 is 4.74 Å². The third-order valence-corrected chi connectivity index (χ3v) is 6.90. The summed E-state index contributed by atoms with van der Waals surface area (Å²) in [5.41, 5.74) is 3.18. The van der Waals surface area contributed by atoms with Crippen LogP contribution in [0.15, 0.2) is 42.5 Å². The van der Waals surface area contributed by atoms with E-state index in [0.717, 1.165) is 34.2 Å². The summed E-state index contributed by atoms with van der Waals surface area (Å²) in [7, 11) is 0. The molecule has 178 valence electrons. The highest BCUT2D eigenvalue weighted by Gasteiger charge is 2.11. The van der Waals surface area contributed by atoms with Crippen LogP contribution >= 0.6 is 11.3 Å². The van der Waals surface area contributed by atoms with E-state index >= 15 is 0 Å². The van der Waals surface area contributed by atoms with E-state index in [9.17, 15) is 4.79 Å². The van der Waals surface area contributed by atoms with Crippen molar-refractivity contribution in [2.45, 2.75) is 78.1 Å². The van der Waals surface area contributed by atoms with Crippen LogP contribution in [0.2, 0.25) is 0 Å². The molecule has 0 fully saturated rings. The van der Waals surface area contributed by atoms with Gasteiger partial charge >= 0.3 is 5.97 Å². The van der Waals surface area contributed by atoms with Crippen molar-refractivity contribution < 1.29 is 9.53 Å². The Hall–Kier alpha value is -2.97. The molecule has 0 N–H and O–H groups in total. The summed E-state index contributed by atoms with van der Waals surface area (Å²) in [5, 5.41) is 0.713. The Morgan fingerprint density at radius 3 is 2.41 bits per heavy atom. The Morgan fingerprint density at radius 1 is 1.03 bits per heavy atom. The standard InChI is InChI=1S/C29H34N2O2S/c1-4-5-6-7-8-9-10-11-12-17-28(32)33-26-19-18-23(20-22(26)2)21-25(30-3)29-31-24-15-13-14-16-27(24)34-29/h13-16,18-21H,4-12,17H2,1-2H3/b25-21-. The van der Waals surface area contributed by atoms with Crippen LogP contribution in [0.25, 0.3) is 26.8 Å². The Bertz CT molecular complexity index is 1120. The molecular weight excluding hydrogens is 440 g/mol. The van der Waals surface area contributed by atoms with E-state index in [-0.39, 0.29) is 5.97 Å². The number of nitrogens with zero attached hydrogens (tertiary/aromatic N) is 2. The Kier molecular flexibility index (Phi) is 10.3. The highest BCUT2D eigenvalue weighted by atomic mass is 32.1. The number of benzene rings is 2. The molecule has 34 heavy (non-hydrogen) atoms. The lowest BCUT2D eigenvalue weighted by Gasteiger charge is -2.08. The molecule has 0 saturated carbocycles. The summed E-state index contributed by atoms with van der Waals surface area (Å²) in [4.78, 5) is 20.6. The van der Waals surface area contributed by atoms with Gasteiger partial charge in [0.2, 0.25) is 5.70 Å². The van der Waals surface area contributed by atoms with E-state index < -0.39 is 0 Å². The topological polar surface area (TPSA) is 43.5 Å². The first kappa shape index (κ1) is 25.6. The molecule has 0 aliphatic carbocycles. The van der Waals surface area contributed by atoms with Crippen LogP contribution in [0.3, 0.4) is 0 Å². The molecule has 3 rings (SSSR count). The predicted octanol–water partition coefficient (Wildman–Crippen LogP) is 8.85. The third-order valence-electron chi connectivity index (χ3n) is 5.84. The van der Waals surface area contributed by atoms with Crippen LogP contribution < -0.4 is 4.74 Å². The minimum Gasteiger partial charge on any atom is -0.426 e. The quantitative estimate of drug-likeness (QED) is 0.108. The summed E-state index contributed by atoms with van der Waals surface area (Å²) >= 11 is 1.52. The molecule has 2 aromatic carbocycles. The molecule has 0 spiro atoms. The van der Waals surface area contributed by atoms with Crippen molar-refractivity contribution in [2.75, 3.05) is 0 Å². The van der Waals surface area contributed by atoms with Crippen molar-refractivity contribution in [3.8, 4) is 5.75 Å². The van der Waals surface area contributed by atoms with Crippen molar-refractivity contribution >= 4 is 39.3 Å². The predicted molar refractivity (Wildman–Crippen MR) is 143 cm³/mol. The maximum absolute atomic E-state index is 12.3. The summed E-state index contributed by atoms with van der Waals surface area (Å²) < 4.78 is 6.66. The van der Waals surface area contributed by atoms with E-state index in [1.54, 1.807) is 0 Å². The van der Waals surface area contributed by atoms with E-state index in [1.807, 2.05) is 55.5 Å². The maximum atomic E-state index is 12.3. The summed E-state index contributed by atoms with van der Waals surface area (Å²) in [6.07, 6.45) is 13.3. The van der Waals surface area contributed by atoms with Crippen LogP contribution in [0, 0.1) is 13.5 Å². The van der Waals surface area contributed by atoms with E-state index in [1.165, 1.54) is 56.3 Å². The van der Waals surface area contributed by atoms with Gasteiger partial charge in [0.05, 0.1) is 16.8 Å². The highest BCUT2D eigenvalue weighted by molar-refractivity contribution is 7.19. The number of fused-ring (bicyclic) bond motifs is 1. The molecular formula is C29H34N2O2S. The van der Waals surface area contributed by atoms with Crippen molar-refractivity contribution in [1.82, 2.24) is 4.98 Å². The average Bonchev–Trinajstić information content (AvgIpc) is 3.27. The van der Waals surface area contributed by atoms with Gasteiger partial charge in [0, 0.05) is 6.42 Å². The van der Waals surface area contributed by atoms with Gasteiger partial charge in [-0.25, -0.2) is 9.83 Å². The maximum Gasteiger partial charge on any atom is 0.311 e. The third kappa shape index (κ3) is 7.81. The Morgan fingerprint density at radius 2 is 1.74 bits per heavy atom. The number of esters is 1. The number of thiazole rings is 1. The van der Waals surface area contributed by atoms with Crippen LogP contribution in [-0.4, -0.2) is 11.0 Å². The van der Waals surface area contributed by atoms with Crippen molar-refractivity contribution in [3.63, 3.8) is 0 Å². The molecule has 0 atom stereocenters. The van der Waals surface area contributed by atoms with Crippen LogP contribution in [0.1, 0.15) is 87.3 Å². The molecule has 1 aromatic heterocycles. The van der Waals surface area contributed by atoms with Gasteiger partial charge in [-0.3, -0.25) is 4.79 Å². The van der Waals surface area contributed by atoms with Crippen LogP contribution in [0.5, 0.6) is 5.75 Å². The number of unbranched alkanes of at least 4 members (excludes halogenated alkanes) is 8. The summed E-state index contributed by atoms with van der Waals surface area (Å²) in [6, 6.07) is 13.5. The normalized spacial score (nSPS) is 11.5. The van der Waals surface area contributed by atoms with Gasteiger partial charge in [-0.1, -0.05) is 76.5 Å². The smallest absolute Gasteiger partial charge is 0.311 e. The SMILES string of the molecule is [C-]#[N+]/C(=C\c1ccc(OC(=O)CCCCCCCCCCC)c(C)c1)c1nc2ccccc2s1. The minimum absolute atomic E-state index is 0.175. The number of carbonyl (C=O) groups excluding carboxylic acids is 1. The molecule has 0 aliphatic rings. The fourth-order valence-electron chi connectivity index (χ4n) is 3.91. The molecule has 0 saturated heterocycles. The lowest BCUT2D eigenvalue weighted by atomic mass is 10.1. The zero-order valence-electron chi connectivity index (χ0n) is 20.3. The number of rotatable bonds is 13. The van der Waals surface area contributed by atoms with Crippen LogP contribution in [-0.2, 0) is 4.79 Å². The molecule has 0 bridgehead atoms. The molecule has 0 unspecified atom stereocenters. The lowest BCUT2D eigenvalue weighted by molar-refractivity contribution is -0.134. The first-order valence-corrected chi connectivity index (χ1v) is 13.2. The van der Waals surface area contributed by atoms with Gasteiger partial charge in [0.25, 0.3) is 0 Å². The fraction of sp³-hybridized carbons (Fsp3) is 0.414. The summed E-state index contributed by atoms with van der Waals surface area (Å²) in [5.74, 6) is 0.410. The van der Waals surface area contributed by atoms with E-state index in [2.05, 4.69) is 16.8 Å². The Labute approximate surface area is 207 Å². The first-order valence-electron chi connectivity index (χ1n) is 12.4. The fourth-order valence-corrected chi connectivity index (χ4v) is 4.84. The second-order valence-electron chi connectivity index (χ2n) is 8.71. The number of aromatic nitrogens is 1. The molecule has 0 amide bonds. The molecule has 3 aromatic rings. The molecule has 1 heterocycles. The van der Waals surface area contributed by atoms with Crippen molar-refractivity contribution in [3.05, 3.63) is 70.0 Å². The van der Waals surface area contributed by atoms with E-state index in [4.69, 9.17) is 11.3 Å². The second-order valence-corrected chi connectivity index (χ2v) is 9.74. The monoisotopic (exact) mass is 474 g/mol. The second kappa shape index (κ2) is 13.7. The van der Waals surface area contributed by atoms with Crippen LogP contribution in [0.4, 0.5) is 0 Å². The van der Waals surface area contributed by atoms with Gasteiger partial charge in [-0.2, -0.15) is 0 Å². The number of aryl methyl sites for hydroxylation is 1. The molecule has 4 nitrogen and oxygen atoms in total. The molecule has 0 radical (unpaired) electrons. The number of hydrogen-bond acceptors (Lipinski definition) is 4. The number of carbonyl (C=O) groups is 1. The highest BCUT2D eigenvalue weighted by Crippen LogP contribution is 2.30. The number of hydrogen-bond donors (Lipinski definition) is 0. The van der Waals surface area contributed by atoms with Gasteiger partial charge in [-0.15, -0.1) is 11.3 Å². The lowest BCUT2D eigenvalue weighted by Crippen LogP contribution is -2.08. The van der Waals surface area contributed by atoms with Gasteiger partial charge in [0.15, 0.2) is 0 Å². The zero-order valence-corrected chi connectivity index (χ0v) is 21.1. The summed E-state index contributed by atoms with van der Waals surface area (Å²) in [6.45, 7) is 11.8. The van der Waals surface area contributed by atoms with Crippen molar-refractivity contribution in [2.24, 2.45) is 0 Å². The molecule has 0 aliphatic heterocycles.